The second kappa shape index (κ2) is 5.09. The fraction of sp³-hybridized carbons (Fsp3) is 0.545. The Balaban J connectivity index is 3.28. The highest BCUT2D eigenvalue weighted by atomic mass is 16.5. The first-order valence-electron chi connectivity index (χ1n) is 4.88. The number of nitrogens with zero attached hydrogens (tertiary/aromatic N) is 1. The second-order valence-corrected chi connectivity index (χ2v) is 3.54. The zero-order chi connectivity index (χ0) is 11.4. The number of hydrogen-bond donors (Lipinski definition) is 1. The monoisotopic (exact) mass is 210 g/mol. The molecule has 1 aromatic rings. The maximum atomic E-state index is 5.93. The number of ether oxygens (including phenoxy) is 2. The lowest BCUT2D eigenvalue weighted by atomic mass is 10.0. The minimum atomic E-state index is -0.0909. The average Bonchev–Trinajstić information content (AvgIpc) is 2.20. The number of hydrogen-bond acceptors (Lipinski definition) is 4. The molecule has 0 radical (unpaired) electrons. The molecule has 0 aliphatic rings. The molecule has 1 atom stereocenters. The van der Waals surface area contributed by atoms with E-state index in [1.165, 1.54) is 0 Å². The first kappa shape index (κ1) is 11.9. The summed E-state index contributed by atoms with van der Waals surface area (Å²) >= 11 is 0. The molecule has 0 saturated carbocycles. The summed E-state index contributed by atoms with van der Waals surface area (Å²) in [4.78, 5) is 4.25. The fourth-order valence-corrected chi connectivity index (χ4v) is 1.67. The van der Waals surface area contributed by atoms with Gasteiger partial charge in [-0.1, -0.05) is 0 Å². The van der Waals surface area contributed by atoms with E-state index in [-0.39, 0.29) is 6.04 Å². The summed E-state index contributed by atoms with van der Waals surface area (Å²) in [6.07, 6.45) is 1.79. The van der Waals surface area contributed by atoms with Crippen molar-refractivity contribution in [3.63, 3.8) is 0 Å². The Morgan fingerprint density at radius 2 is 2.13 bits per heavy atom. The number of nitrogens with two attached hydrogens (primary N) is 1. The number of aromatic nitrogens is 1. The third-order valence-corrected chi connectivity index (χ3v) is 2.29. The van der Waals surface area contributed by atoms with Gasteiger partial charge in [0, 0.05) is 30.5 Å². The Morgan fingerprint density at radius 1 is 1.47 bits per heavy atom. The lowest BCUT2D eigenvalue weighted by molar-refractivity contribution is 0.183. The molecule has 0 amide bonds. The molecule has 2 N–H and O–H groups in total. The van der Waals surface area contributed by atoms with Crippen LogP contribution in [0.3, 0.4) is 0 Å². The van der Waals surface area contributed by atoms with Crippen molar-refractivity contribution in [1.82, 2.24) is 4.98 Å². The maximum absolute atomic E-state index is 5.93. The van der Waals surface area contributed by atoms with Crippen LogP contribution >= 0.6 is 0 Å². The summed E-state index contributed by atoms with van der Waals surface area (Å²) in [6.45, 7) is 4.33. The molecule has 0 aromatic carbocycles. The Labute approximate surface area is 90.4 Å². The van der Waals surface area contributed by atoms with Gasteiger partial charge in [0.2, 0.25) is 0 Å². The van der Waals surface area contributed by atoms with E-state index in [0.717, 1.165) is 22.6 Å². The predicted octanol–water partition coefficient (Wildman–Crippen LogP) is 1.56. The molecule has 0 bridgehead atoms. The molecule has 0 saturated heterocycles. The van der Waals surface area contributed by atoms with Crippen molar-refractivity contribution in [3.8, 4) is 5.75 Å². The molecule has 4 heteroatoms. The largest absolute Gasteiger partial charge is 0.494 e. The Bertz CT molecular complexity index is 338. The quantitative estimate of drug-likeness (QED) is 0.819. The minimum Gasteiger partial charge on any atom is -0.494 e. The molecule has 0 aliphatic heterocycles. The standard InChI is InChI=1S/C11H18N2O2/c1-7(12)10-9(6-14-3)5-13-8(2)11(10)15-4/h5,7H,6,12H2,1-4H3/t7-/m0/s1. The maximum Gasteiger partial charge on any atom is 0.145 e. The Morgan fingerprint density at radius 3 is 2.60 bits per heavy atom. The van der Waals surface area contributed by atoms with Gasteiger partial charge in [-0.2, -0.15) is 0 Å². The summed E-state index contributed by atoms with van der Waals surface area (Å²) < 4.78 is 10.4. The van der Waals surface area contributed by atoms with E-state index in [0.29, 0.717) is 6.61 Å². The van der Waals surface area contributed by atoms with E-state index < -0.39 is 0 Å². The SMILES string of the molecule is COCc1cnc(C)c(OC)c1[C@H](C)N. The number of pyridine rings is 1. The van der Waals surface area contributed by atoms with Gasteiger partial charge in [-0.15, -0.1) is 0 Å². The molecule has 0 unspecified atom stereocenters. The third-order valence-electron chi connectivity index (χ3n) is 2.29. The van der Waals surface area contributed by atoms with Gasteiger partial charge in [-0.25, -0.2) is 0 Å². The van der Waals surface area contributed by atoms with E-state index >= 15 is 0 Å². The van der Waals surface area contributed by atoms with Crippen LogP contribution in [-0.2, 0) is 11.3 Å². The summed E-state index contributed by atoms with van der Waals surface area (Å²) in [5, 5.41) is 0. The summed E-state index contributed by atoms with van der Waals surface area (Å²) in [6, 6.07) is -0.0909. The van der Waals surface area contributed by atoms with Crippen LogP contribution < -0.4 is 10.5 Å². The summed E-state index contributed by atoms with van der Waals surface area (Å²) in [5.74, 6) is 0.763. The van der Waals surface area contributed by atoms with Gasteiger partial charge in [0.25, 0.3) is 0 Å². The highest BCUT2D eigenvalue weighted by molar-refractivity contribution is 5.43. The van der Waals surface area contributed by atoms with Gasteiger partial charge in [-0.05, 0) is 13.8 Å². The molecule has 0 aliphatic carbocycles. The Hall–Kier alpha value is -1.13. The van der Waals surface area contributed by atoms with Crippen molar-refractivity contribution in [1.29, 1.82) is 0 Å². The molecule has 1 aromatic heterocycles. The topological polar surface area (TPSA) is 57.4 Å². The first-order chi connectivity index (χ1) is 7.11. The van der Waals surface area contributed by atoms with E-state index in [9.17, 15) is 0 Å². The van der Waals surface area contributed by atoms with Crippen LogP contribution in [-0.4, -0.2) is 19.2 Å². The molecule has 4 nitrogen and oxygen atoms in total. The molecular weight excluding hydrogens is 192 g/mol. The van der Waals surface area contributed by atoms with Crippen molar-refractivity contribution in [2.75, 3.05) is 14.2 Å². The summed E-state index contributed by atoms with van der Waals surface area (Å²) in [5.41, 5.74) is 8.74. The van der Waals surface area contributed by atoms with Crippen LogP contribution in [0.2, 0.25) is 0 Å². The highest BCUT2D eigenvalue weighted by Crippen LogP contribution is 2.29. The summed E-state index contributed by atoms with van der Waals surface area (Å²) in [7, 11) is 3.28. The van der Waals surface area contributed by atoms with Gasteiger partial charge in [0.05, 0.1) is 19.4 Å². The van der Waals surface area contributed by atoms with Crippen molar-refractivity contribution in [2.24, 2.45) is 5.73 Å². The molecule has 0 spiro atoms. The molecule has 1 rings (SSSR count). The van der Waals surface area contributed by atoms with Crippen molar-refractivity contribution >= 4 is 0 Å². The van der Waals surface area contributed by atoms with Crippen LogP contribution in [0.15, 0.2) is 6.20 Å². The number of rotatable bonds is 4. The van der Waals surface area contributed by atoms with Gasteiger partial charge in [0.1, 0.15) is 5.75 Å². The van der Waals surface area contributed by atoms with Gasteiger partial charge >= 0.3 is 0 Å². The third kappa shape index (κ3) is 2.46. The lowest BCUT2D eigenvalue weighted by Gasteiger charge is -2.17. The van der Waals surface area contributed by atoms with Crippen LogP contribution in [0.1, 0.15) is 29.8 Å². The van der Waals surface area contributed by atoms with Crippen LogP contribution in [0.4, 0.5) is 0 Å². The molecule has 84 valence electrons. The number of aryl methyl sites for hydroxylation is 1. The second-order valence-electron chi connectivity index (χ2n) is 3.54. The lowest BCUT2D eigenvalue weighted by Crippen LogP contribution is -2.12. The normalized spacial score (nSPS) is 12.6. The molecule has 0 fully saturated rings. The van der Waals surface area contributed by atoms with E-state index in [1.807, 2.05) is 13.8 Å². The van der Waals surface area contributed by atoms with E-state index in [2.05, 4.69) is 4.98 Å². The zero-order valence-electron chi connectivity index (χ0n) is 9.70. The van der Waals surface area contributed by atoms with Crippen LogP contribution in [0.5, 0.6) is 5.75 Å². The van der Waals surface area contributed by atoms with Crippen molar-refractivity contribution in [2.45, 2.75) is 26.5 Å². The van der Waals surface area contributed by atoms with Gasteiger partial charge in [0.15, 0.2) is 0 Å². The molecule has 1 heterocycles. The first-order valence-corrected chi connectivity index (χ1v) is 4.88. The zero-order valence-corrected chi connectivity index (χ0v) is 9.70. The van der Waals surface area contributed by atoms with E-state index in [4.69, 9.17) is 15.2 Å². The van der Waals surface area contributed by atoms with Crippen molar-refractivity contribution in [3.05, 3.63) is 23.0 Å². The van der Waals surface area contributed by atoms with Gasteiger partial charge in [-0.3, -0.25) is 4.98 Å². The molecule has 15 heavy (non-hydrogen) atoms. The Kier molecular flexibility index (Phi) is 4.05. The number of methoxy groups -OCH3 is 2. The predicted molar refractivity (Wildman–Crippen MR) is 58.8 cm³/mol. The van der Waals surface area contributed by atoms with Crippen LogP contribution in [0.25, 0.3) is 0 Å². The van der Waals surface area contributed by atoms with E-state index in [1.54, 1.807) is 20.4 Å². The molecular formula is C11H18N2O2. The highest BCUT2D eigenvalue weighted by Gasteiger charge is 2.16. The smallest absolute Gasteiger partial charge is 0.145 e. The van der Waals surface area contributed by atoms with Gasteiger partial charge < -0.3 is 15.2 Å². The minimum absolute atomic E-state index is 0.0909. The van der Waals surface area contributed by atoms with Crippen LogP contribution in [0, 0.1) is 6.92 Å². The van der Waals surface area contributed by atoms with Crippen molar-refractivity contribution < 1.29 is 9.47 Å². The average molecular weight is 210 g/mol. The fourth-order valence-electron chi connectivity index (χ4n) is 1.67.